The van der Waals surface area contributed by atoms with Crippen LogP contribution in [0.25, 0.3) is 10.9 Å². The number of fused-ring (bicyclic) bond motifs is 1. The predicted octanol–water partition coefficient (Wildman–Crippen LogP) is 3.94. The van der Waals surface area contributed by atoms with Crippen molar-refractivity contribution in [2.75, 3.05) is 7.11 Å². The Kier molecular flexibility index (Phi) is 9.11. The molecule has 202 valence electrons. The minimum Gasteiger partial charge on any atom is -0.467 e. The van der Waals surface area contributed by atoms with Gasteiger partial charge >= 0.3 is 18.2 Å². The lowest BCUT2D eigenvalue weighted by Crippen LogP contribution is -2.51. The number of para-hydroxylation sites is 1. The van der Waals surface area contributed by atoms with Crippen molar-refractivity contribution in [3.05, 3.63) is 71.9 Å². The van der Waals surface area contributed by atoms with E-state index in [0.717, 1.165) is 10.9 Å². The molecule has 0 bridgehead atoms. The van der Waals surface area contributed by atoms with Crippen molar-refractivity contribution in [1.82, 2.24) is 15.2 Å². The number of carbonyl (C=O) groups is 4. The molecule has 1 heterocycles. The third-order valence-corrected chi connectivity index (χ3v) is 5.55. The molecular formula is C28H33N3O7. The maximum absolute atomic E-state index is 12.8. The van der Waals surface area contributed by atoms with Gasteiger partial charge in [-0.25, -0.2) is 14.4 Å². The number of nitrogens with zero attached hydrogens (tertiary/aromatic N) is 1. The second kappa shape index (κ2) is 12.3. The quantitative estimate of drug-likeness (QED) is 0.338. The Balaban J connectivity index is 1.71. The summed E-state index contributed by atoms with van der Waals surface area (Å²) >= 11 is 0. The molecule has 2 amide bonds. The van der Waals surface area contributed by atoms with Crippen LogP contribution in [0.5, 0.6) is 0 Å². The Hall–Kier alpha value is -4.34. The normalized spacial score (nSPS) is 12.8. The van der Waals surface area contributed by atoms with Gasteiger partial charge in [0, 0.05) is 18.0 Å². The molecule has 1 unspecified atom stereocenters. The summed E-state index contributed by atoms with van der Waals surface area (Å²) in [6.45, 7) is 6.84. The Morgan fingerprint density at radius 1 is 0.947 bits per heavy atom. The van der Waals surface area contributed by atoms with Gasteiger partial charge in [-0.1, -0.05) is 48.5 Å². The van der Waals surface area contributed by atoms with E-state index in [1.807, 2.05) is 42.5 Å². The topological polar surface area (TPSA) is 125 Å². The number of hydrogen-bond acceptors (Lipinski definition) is 7. The van der Waals surface area contributed by atoms with Crippen molar-refractivity contribution in [1.29, 1.82) is 0 Å². The first-order chi connectivity index (χ1) is 18.0. The third kappa shape index (κ3) is 7.58. The molecule has 3 aromatic rings. The minimum absolute atomic E-state index is 0.0416. The highest BCUT2D eigenvalue weighted by molar-refractivity contribution is 5.93. The minimum atomic E-state index is -1.07. The lowest BCUT2D eigenvalue weighted by molar-refractivity contribution is -0.145. The summed E-state index contributed by atoms with van der Waals surface area (Å²) in [7, 11) is 1.22. The van der Waals surface area contributed by atoms with Gasteiger partial charge in [-0.15, -0.1) is 0 Å². The van der Waals surface area contributed by atoms with Crippen LogP contribution >= 0.6 is 0 Å². The van der Waals surface area contributed by atoms with E-state index in [0.29, 0.717) is 11.1 Å². The van der Waals surface area contributed by atoms with Crippen molar-refractivity contribution >= 4 is 35.0 Å². The molecule has 38 heavy (non-hydrogen) atoms. The summed E-state index contributed by atoms with van der Waals surface area (Å²) in [6, 6.07) is 14.2. The Morgan fingerprint density at radius 2 is 1.61 bits per heavy atom. The maximum atomic E-state index is 12.8. The molecule has 1 aromatic heterocycles. The van der Waals surface area contributed by atoms with E-state index in [1.54, 1.807) is 39.1 Å². The number of alkyl carbamates (subject to hydrolysis) is 1. The monoisotopic (exact) mass is 523 g/mol. The first-order valence-corrected chi connectivity index (χ1v) is 12.2. The Bertz CT molecular complexity index is 1290. The second-order valence-corrected chi connectivity index (χ2v) is 9.74. The Labute approximate surface area is 221 Å². The van der Waals surface area contributed by atoms with Gasteiger partial charge in [0.15, 0.2) is 0 Å². The summed E-state index contributed by atoms with van der Waals surface area (Å²) in [4.78, 5) is 50.4. The Morgan fingerprint density at radius 3 is 2.26 bits per heavy atom. The smallest absolute Gasteiger partial charge is 0.419 e. The zero-order valence-corrected chi connectivity index (χ0v) is 22.1. The molecule has 3 rings (SSSR count). The van der Waals surface area contributed by atoms with E-state index < -0.39 is 41.7 Å². The van der Waals surface area contributed by atoms with Gasteiger partial charge < -0.3 is 24.8 Å². The summed E-state index contributed by atoms with van der Waals surface area (Å²) in [5.41, 5.74) is 1.33. The molecule has 0 saturated heterocycles. The molecule has 0 spiro atoms. The van der Waals surface area contributed by atoms with Crippen molar-refractivity contribution in [3.63, 3.8) is 0 Å². The van der Waals surface area contributed by atoms with E-state index >= 15 is 0 Å². The molecule has 10 heteroatoms. The molecule has 0 saturated carbocycles. The van der Waals surface area contributed by atoms with Crippen molar-refractivity contribution in [2.45, 2.75) is 58.4 Å². The number of ether oxygens (including phenoxy) is 3. The average molecular weight is 524 g/mol. The molecule has 0 aliphatic rings. The second-order valence-electron chi connectivity index (χ2n) is 9.74. The van der Waals surface area contributed by atoms with Crippen LogP contribution in [0.4, 0.5) is 9.59 Å². The summed E-state index contributed by atoms with van der Waals surface area (Å²) < 4.78 is 16.9. The number of aromatic nitrogens is 1. The number of rotatable bonds is 8. The van der Waals surface area contributed by atoms with E-state index in [1.165, 1.54) is 18.6 Å². The van der Waals surface area contributed by atoms with Gasteiger partial charge in [0.2, 0.25) is 5.91 Å². The highest BCUT2D eigenvalue weighted by Gasteiger charge is 2.28. The zero-order chi connectivity index (χ0) is 27.9. The number of methoxy groups -OCH3 is 1. The third-order valence-electron chi connectivity index (χ3n) is 5.55. The number of amides is 2. The standard InChI is InChI=1S/C28H33N3O7/c1-18(29-26(34)37-17-19-11-7-6-8-12-19)24(32)30-22(25(33)36-5)15-20-16-31(27(35)38-28(2,3)4)23-14-10-9-13-21(20)23/h6-14,16,18,22H,15,17H2,1-5H3,(H,29,34)(H,30,32)/t18-,22?/m1/s1. The first-order valence-electron chi connectivity index (χ1n) is 12.2. The van der Waals surface area contributed by atoms with E-state index in [2.05, 4.69) is 10.6 Å². The van der Waals surface area contributed by atoms with Crippen molar-refractivity contribution in [2.24, 2.45) is 0 Å². The van der Waals surface area contributed by atoms with Crippen LogP contribution in [-0.2, 0) is 36.8 Å². The SMILES string of the molecule is COC(=O)C(Cc1cn(C(=O)OC(C)(C)C)c2ccccc12)NC(=O)[C@@H](C)NC(=O)OCc1ccccc1. The van der Waals surface area contributed by atoms with Crippen LogP contribution in [0, 0.1) is 0 Å². The number of nitrogens with one attached hydrogen (secondary N) is 2. The number of benzene rings is 2. The van der Waals surface area contributed by atoms with Crippen LogP contribution in [-0.4, -0.2) is 53.4 Å². The number of esters is 1. The van der Waals surface area contributed by atoms with Gasteiger partial charge in [-0.05, 0) is 44.9 Å². The molecule has 2 aromatic carbocycles. The molecule has 0 aliphatic heterocycles. The fraction of sp³-hybridized carbons (Fsp3) is 0.357. The summed E-state index contributed by atoms with van der Waals surface area (Å²) in [6.07, 6.45) is 0.292. The van der Waals surface area contributed by atoms with E-state index in [4.69, 9.17) is 14.2 Å². The highest BCUT2D eigenvalue weighted by atomic mass is 16.6. The fourth-order valence-electron chi connectivity index (χ4n) is 3.73. The van der Waals surface area contributed by atoms with E-state index in [-0.39, 0.29) is 13.0 Å². The van der Waals surface area contributed by atoms with Crippen LogP contribution in [0.1, 0.15) is 38.8 Å². The zero-order valence-electron chi connectivity index (χ0n) is 22.1. The lowest BCUT2D eigenvalue weighted by Gasteiger charge is -2.20. The fourth-order valence-corrected chi connectivity index (χ4v) is 3.73. The largest absolute Gasteiger partial charge is 0.467 e. The van der Waals surface area contributed by atoms with Crippen LogP contribution in [0.3, 0.4) is 0 Å². The van der Waals surface area contributed by atoms with Gasteiger partial charge in [0.25, 0.3) is 0 Å². The van der Waals surface area contributed by atoms with Gasteiger partial charge in [-0.3, -0.25) is 9.36 Å². The average Bonchev–Trinajstić information content (AvgIpc) is 3.24. The molecular weight excluding hydrogens is 490 g/mol. The predicted molar refractivity (Wildman–Crippen MR) is 140 cm³/mol. The van der Waals surface area contributed by atoms with E-state index in [9.17, 15) is 19.2 Å². The molecule has 2 N–H and O–H groups in total. The van der Waals surface area contributed by atoms with Crippen LogP contribution in [0.2, 0.25) is 0 Å². The lowest BCUT2D eigenvalue weighted by atomic mass is 10.0. The summed E-state index contributed by atoms with van der Waals surface area (Å²) in [5.74, 6) is -1.28. The van der Waals surface area contributed by atoms with Crippen molar-refractivity contribution < 1.29 is 33.4 Å². The molecule has 0 aliphatic carbocycles. The number of carbonyl (C=O) groups excluding carboxylic acids is 4. The van der Waals surface area contributed by atoms with Gasteiger partial charge in [0.05, 0.1) is 12.6 Å². The first kappa shape index (κ1) is 28.2. The van der Waals surface area contributed by atoms with Crippen LogP contribution in [0.15, 0.2) is 60.8 Å². The molecule has 2 atom stereocenters. The van der Waals surface area contributed by atoms with Gasteiger partial charge in [-0.2, -0.15) is 0 Å². The number of hydrogen-bond donors (Lipinski definition) is 2. The highest BCUT2D eigenvalue weighted by Crippen LogP contribution is 2.24. The molecule has 0 radical (unpaired) electrons. The molecule has 10 nitrogen and oxygen atoms in total. The maximum Gasteiger partial charge on any atom is 0.419 e. The summed E-state index contributed by atoms with van der Waals surface area (Å²) in [5, 5.41) is 5.80. The van der Waals surface area contributed by atoms with Crippen molar-refractivity contribution in [3.8, 4) is 0 Å². The molecule has 0 fully saturated rings. The van der Waals surface area contributed by atoms with Gasteiger partial charge in [0.1, 0.15) is 24.3 Å². The van der Waals surface area contributed by atoms with Crippen LogP contribution < -0.4 is 10.6 Å².